The summed E-state index contributed by atoms with van der Waals surface area (Å²) in [5, 5.41) is 0. The zero-order chi connectivity index (χ0) is 58.5. The molecule has 6 heteroatoms. The van der Waals surface area contributed by atoms with Gasteiger partial charge in [0.2, 0.25) is 0 Å². The number of ether oxygens (including phenoxy) is 3. The highest BCUT2D eigenvalue weighted by Crippen LogP contribution is 2.17. The van der Waals surface area contributed by atoms with Crippen molar-refractivity contribution in [3.8, 4) is 0 Å². The molecule has 0 radical (unpaired) electrons. The molecule has 0 aliphatic rings. The molecule has 81 heavy (non-hydrogen) atoms. The molecule has 0 spiro atoms. The molecule has 0 aliphatic heterocycles. The molecule has 0 amide bonds. The van der Waals surface area contributed by atoms with Crippen LogP contribution in [0.25, 0.3) is 0 Å². The minimum atomic E-state index is -0.783. The van der Waals surface area contributed by atoms with Gasteiger partial charge in [-0.25, -0.2) is 0 Å². The lowest BCUT2D eigenvalue weighted by Gasteiger charge is -2.18. The Balaban J connectivity index is 4.28. The van der Waals surface area contributed by atoms with Crippen LogP contribution in [-0.2, 0) is 28.6 Å². The van der Waals surface area contributed by atoms with Crippen molar-refractivity contribution in [3.63, 3.8) is 0 Å². The zero-order valence-electron chi connectivity index (χ0n) is 54.1. The molecule has 0 aromatic rings. The lowest BCUT2D eigenvalue weighted by Crippen LogP contribution is -2.30. The second-order valence-corrected chi connectivity index (χ2v) is 23.8. The van der Waals surface area contributed by atoms with Gasteiger partial charge in [-0.3, -0.25) is 14.4 Å². The van der Waals surface area contributed by atoms with E-state index in [-0.39, 0.29) is 31.1 Å². The molecule has 0 aliphatic carbocycles. The van der Waals surface area contributed by atoms with Gasteiger partial charge in [-0.2, -0.15) is 0 Å². The summed E-state index contributed by atoms with van der Waals surface area (Å²) in [7, 11) is 0. The highest BCUT2D eigenvalue weighted by Gasteiger charge is 2.19. The lowest BCUT2D eigenvalue weighted by atomic mass is 10.0. The topological polar surface area (TPSA) is 78.9 Å². The van der Waals surface area contributed by atoms with E-state index in [9.17, 15) is 14.4 Å². The van der Waals surface area contributed by atoms with E-state index >= 15 is 0 Å². The molecule has 470 valence electrons. The summed E-state index contributed by atoms with van der Waals surface area (Å²) in [4.78, 5) is 38.4. The minimum absolute atomic E-state index is 0.0778. The predicted molar refractivity (Wildman–Crippen MR) is 353 cm³/mol. The van der Waals surface area contributed by atoms with E-state index < -0.39 is 6.10 Å². The van der Waals surface area contributed by atoms with Crippen LogP contribution in [0.4, 0.5) is 0 Å². The number of rotatable bonds is 65. The number of hydrogen-bond donors (Lipinski definition) is 0. The second-order valence-electron chi connectivity index (χ2n) is 23.8. The van der Waals surface area contributed by atoms with Crippen molar-refractivity contribution in [2.45, 2.75) is 374 Å². The number of carbonyl (C=O) groups excluding carboxylic acids is 3. The Morgan fingerprint density at radius 2 is 0.444 bits per heavy atom. The van der Waals surface area contributed by atoms with Crippen LogP contribution in [0.1, 0.15) is 367 Å². The molecule has 0 bridgehead atoms. The van der Waals surface area contributed by atoms with Crippen LogP contribution in [0.15, 0.2) is 72.9 Å². The number of unbranched alkanes of at least 4 members (excludes halogenated alkanes) is 42. The number of esters is 3. The fourth-order valence-corrected chi connectivity index (χ4v) is 10.3. The monoisotopic (exact) mass is 1130 g/mol. The molecule has 0 aromatic carbocycles. The van der Waals surface area contributed by atoms with E-state index in [2.05, 4.69) is 93.7 Å². The van der Waals surface area contributed by atoms with E-state index in [1.54, 1.807) is 0 Å². The smallest absolute Gasteiger partial charge is 0.306 e. The van der Waals surface area contributed by atoms with E-state index in [1.807, 2.05) is 0 Å². The first-order valence-electron chi connectivity index (χ1n) is 35.4. The average molecular weight is 1130 g/mol. The summed E-state index contributed by atoms with van der Waals surface area (Å²) in [5.41, 5.74) is 0. The Morgan fingerprint density at radius 1 is 0.247 bits per heavy atom. The summed E-state index contributed by atoms with van der Waals surface area (Å²) in [6.07, 6.45) is 90.6. The van der Waals surface area contributed by atoms with Crippen LogP contribution >= 0.6 is 0 Å². The van der Waals surface area contributed by atoms with E-state index in [4.69, 9.17) is 14.2 Å². The molecular weight excluding hydrogens is 997 g/mol. The quantitative estimate of drug-likeness (QED) is 0.0261. The van der Waals surface area contributed by atoms with E-state index in [1.165, 1.54) is 244 Å². The molecule has 0 aromatic heterocycles. The normalized spacial score (nSPS) is 12.5. The molecule has 0 saturated heterocycles. The number of carbonyl (C=O) groups is 3. The first kappa shape index (κ1) is 77.9. The van der Waals surface area contributed by atoms with Crippen LogP contribution in [0.3, 0.4) is 0 Å². The summed E-state index contributed by atoms with van der Waals surface area (Å²) >= 11 is 0. The predicted octanol–water partition coefficient (Wildman–Crippen LogP) is 24.4. The van der Waals surface area contributed by atoms with Crippen LogP contribution in [-0.4, -0.2) is 37.2 Å². The van der Waals surface area contributed by atoms with Crippen LogP contribution in [0.5, 0.6) is 0 Å². The van der Waals surface area contributed by atoms with Gasteiger partial charge >= 0.3 is 17.9 Å². The zero-order valence-corrected chi connectivity index (χ0v) is 54.1. The second kappa shape index (κ2) is 69.3. The van der Waals surface area contributed by atoms with Gasteiger partial charge in [0.25, 0.3) is 0 Å². The highest BCUT2D eigenvalue weighted by molar-refractivity contribution is 5.71. The van der Waals surface area contributed by atoms with Crippen molar-refractivity contribution >= 4 is 17.9 Å². The van der Waals surface area contributed by atoms with Crippen molar-refractivity contribution in [3.05, 3.63) is 72.9 Å². The van der Waals surface area contributed by atoms with Crippen LogP contribution < -0.4 is 0 Å². The molecule has 0 saturated carbocycles. The van der Waals surface area contributed by atoms with Gasteiger partial charge in [-0.15, -0.1) is 0 Å². The summed E-state index contributed by atoms with van der Waals surface area (Å²) in [6.45, 7) is 6.64. The Hall–Kier alpha value is -3.15. The maximum Gasteiger partial charge on any atom is 0.306 e. The molecule has 0 heterocycles. The Kier molecular flexibility index (Phi) is 66.6. The number of allylic oxidation sites excluding steroid dienone is 12. The first-order valence-corrected chi connectivity index (χ1v) is 35.4. The Bertz CT molecular complexity index is 1490. The standard InChI is InChI=1S/C75H134O6/c1-4-7-10-13-16-19-22-25-28-31-32-33-34-35-36-37-38-39-40-41-42-45-47-50-53-56-59-62-65-68-74(77)80-71-72(81-75(78)69-66-63-60-57-54-51-48-44-30-27-24-21-18-15-12-9-6-3)70-79-73(76)67-64-61-58-55-52-49-46-43-29-26-23-20-17-14-11-8-5-2/h18,21-22,25-27,29-32,34-35,72H,4-17,19-20,23-24,28,33,36-71H2,1-3H3/b21-18-,25-22-,29-26-,30-27-,32-31-,35-34-. The molecule has 0 N–H and O–H groups in total. The van der Waals surface area contributed by atoms with Gasteiger partial charge in [-0.1, -0.05) is 306 Å². The molecular formula is C75H134O6. The summed E-state index contributed by atoms with van der Waals surface area (Å²) in [6, 6.07) is 0. The van der Waals surface area contributed by atoms with Gasteiger partial charge in [0.05, 0.1) is 0 Å². The van der Waals surface area contributed by atoms with E-state index in [0.717, 1.165) is 83.5 Å². The largest absolute Gasteiger partial charge is 0.462 e. The SMILES string of the molecule is CCCCC/C=C\C/C=C\CCCCCCCCCC(=O)OC(COC(=O)CCCCCCCCC/C=C\CCCCCCCC)COC(=O)CCCCCCCCCCCCCCCC/C=C\C/C=C\C/C=C\CCCCCCC. The maximum atomic E-state index is 12.9. The van der Waals surface area contributed by atoms with Crippen LogP contribution in [0.2, 0.25) is 0 Å². The van der Waals surface area contributed by atoms with Crippen molar-refractivity contribution in [2.24, 2.45) is 0 Å². The van der Waals surface area contributed by atoms with Crippen LogP contribution in [0, 0.1) is 0 Å². The molecule has 0 rings (SSSR count). The van der Waals surface area contributed by atoms with Crippen molar-refractivity contribution in [1.29, 1.82) is 0 Å². The summed E-state index contributed by atoms with van der Waals surface area (Å²) in [5.74, 6) is -0.871. The fraction of sp³-hybridized carbons (Fsp3) is 0.800. The Morgan fingerprint density at radius 3 is 0.728 bits per heavy atom. The maximum absolute atomic E-state index is 12.9. The third kappa shape index (κ3) is 67.5. The minimum Gasteiger partial charge on any atom is -0.462 e. The molecule has 6 nitrogen and oxygen atoms in total. The van der Waals surface area contributed by atoms with Crippen molar-refractivity contribution in [2.75, 3.05) is 13.2 Å². The summed E-state index contributed by atoms with van der Waals surface area (Å²) < 4.78 is 17.0. The van der Waals surface area contributed by atoms with Crippen molar-refractivity contribution in [1.82, 2.24) is 0 Å². The Labute approximate surface area is 503 Å². The highest BCUT2D eigenvalue weighted by atomic mass is 16.6. The van der Waals surface area contributed by atoms with Gasteiger partial charge in [0.1, 0.15) is 13.2 Å². The first-order chi connectivity index (χ1) is 40.0. The van der Waals surface area contributed by atoms with Gasteiger partial charge in [-0.05, 0) is 116 Å². The lowest BCUT2D eigenvalue weighted by molar-refractivity contribution is -0.167. The third-order valence-electron chi connectivity index (χ3n) is 15.7. The van der Waals surface area contributed by atoms with Gasteiger partial charge < -0.3 is 14.2 Å². The third-order valence-corrected chi connectivity index (χ3v) is 15.7. The van der Waals surface area contributed by atoms with Crippen molar-refractivity contribution < 1.29 is 28.6 Å². The van der Waals surface area contributed by atoms with E-state index in [0.29, 0.717) is 19.3 Å². The molecule has 1 unspecified atom stereocenters. The van der Waals surface area contributed by atoms with Gasteiger partial charge in [0, 0.05) is 19.3 Å². The average Bonchev–Trinajstić information content (AvgIpc) is 3.47. The molecule has 0 fully saturated rings. The number of hydrogen-bond acceptors (Lipinski definition) is 6. The molecule has 1 atom stereocenters. The fourth-order valence-electron chi connectivity index (χ4n) is 10.3. The van der Waals surface area contributed by atoms with Gasteiger partial charge in [0.15, 0.2) is 6.10 Å².